The predicted molar refractivity (Wildman–Crippen MR) is 51.9 cm³/mol. The maximum atomic E-state index is 11.1. The Labute approximate surface area is 86.7 Å². The van der Waals surface area contributed by atoms with Gasteiger partial charge in [0, 0.05) is 0 Å². The van der Waals surface area contributed by atoms with Gasteiger partial charge in [0.1, 0.15) is 0 Å². The van der Waals surface area contributed by atoms with Crippen LogP contribution in [0.15, 0.2) is 28.7 Å². The van der Waals surface area contributed by atoms with E-state index in [1.807, 2.05) is 6.07 Å². The molecule has 0 saturated heterocycles. The van der Waals surface area contributed by atoms with Gasteiger partial charge in [-0.1, -0.05) is 16.5 Å². The zero-order chi connectivity index (χ0) is 11.3. The molecule has 0 amide bonds. The molecule has 0 unspecified atom stereocenters. The van der Waals surface area contributed by atoms with Crippen molar-refractivity contribution >= 4 is 16.1 Å². The summed E-state index contributed by atoms with van der Waals surface area (Å²) >= 11 is 0. The first-order chi connectivity index (χ1) is 7.07. The fraction of sp³-hybridized carbons (Fsp3) is 0.111. The van der Waals surface area contributed by atoms with E-state index in [4.69, 9.17) is 5.26 Å². The topological polar surface area (TPSA) is 87.4 Å². The molecule has 5 nitrogen and oxygen atoms in total. The summed E-state index contributed by atoms with van der Waals surface area (Å²) < 4.78 is 24.8. The summed E-state index contributed by atoms with van der Waals surface area (Å²) in [6.07, 6.45) is 0.985. The minimum absolute atomic E-state index is 0.367. The second kappa shape index (κ2) is 4.51. The summed E-state index contributed by atoms with van der Waals surface area (Å²) in [7, 11) is -3.79. The Morgan fingerprint density at radius 3 is 2.33 bits per heavy atom. The molecule has 0 aliphatic carbocycles. The van der Waals surface area contributed by atoms with E-state index in [9.17, 15) is 13.2 Å². The standard InChI is InChI=1S/C9H6N2O3S/c10-5-8-1-3-9(4-2-8)6-15(13,14)11-7-12/h1-4H,6H2. The van der Waals surface area contributed by atoms with Crippen LogP contribution in [0.2, 0.25) is 0 Å². The van der Waals surface area contributed by atoms with Gasteiger partial charge in [0.05, 0.1) is 17.4 Å². The van der Waals surface area contributed by atoms with Gasteiger partial charge in [0.25, 0.3) is 16.1 Å². The highest BCUT2D eigenvalue weighted by Crippen LogP contribution is 2.08. The molecule has 0 spiro atoms. The summed E-state index contributed by atoms with van der Waals surface area (Å²) in [5, 5.41) is 8.51. The van der Waals surface area contributed by atoms with Crippen LogP contribution in [-0.2, 0) is 20.6 Å². The van der Waals surface area contributed by atoms with E-state index in [1.165, 1.54) is 24.3 Å². The number of sulfonamides is 1. The first-order valence-electron chi connectivity index (χ1n) is 3.88. The highest BCUT2D eigenvalue weighted by molar-refractivity contribution is 7.89. The first-order valence-corrected chi connectivity index (χ1v) is 5.49. The lowest BCUT2D eigenvalue weighted by molar-refractivity contribution is 0.563. The monoisotopic (exact) mass is 222 g/mol. The molecular formula is C9H6N2O3S. The zero-order valence-corrected chi connectivity index (χ0v) is 8.36. The summed E-state index contributed by atoms with van der Waals surface area (Å²) in [6.45, 7) is 0. The van der Waals surface area contributed by atoms with Crippen LogP contribution in [-0.4, -0.2) is 14.5 Å². The Hall–Kier alpha value is -1.96. The van der Waals surface area contributed by atoms with Crippen molar-refractivity contribution in [3.63, 3.8) is 0 Å². The van der Waals surface area contributed by atoms with Gasteiger partial charge in [-0.25, -0.2) is 13.2 Å². The van der Waals surface area contributed by atoms with Crippen LogP contribution in [0.1, 0.15) is 11.1 Å². The molecule has 0 radical (unpaired) electrons. The minimum atomic E-state index is -3.79. The third kappa shape index (κ3) is 3.35. The van der Waals surface area contributed by atoms with E-state index < -0.39 is 10.0 Å². The second-order valence-corrected chi connectivity index (χ2v) is 4.35. The third-order valence-corrected chi connectivity index (χ3v) is 2.66. The highest BCUT2D eigenvalue weighted by Gasteiger charge is 2.09. The lowest BCUT2D eigenvalue weighted by Crippen LogP contribution is -1.99. The first kappa shape index (κ1) is 11.1. The largest absolute Gasteiger partial charge is 0.267 e. The minimum Gasteiger partial charge on any atom is -0.210 e. The van der Waals surface area contributed by atoms with Crippen molar-refractivity contribution in [3.05, 3.63) is 35.4 Å². The van der Waals surface area contributed by atoms with E-state index in [-0.39, 0.29) is 5.75 Å². The van der Waals surface area contributed by atoms with E-state index in [2.05, 4.69) is 4.40 Å². The molecule has 6 heteroatoms. The Morgan fingerprint density at radius 2 is 1.87 bits per heavy atom. The van der Waals surface area contributed by atoms with Crippen molar-refractivity contribution in [2.45, 2.75) is 5.75 Å². The summed E-state index contributed by atoms with van der Waals surface area (Å²) in [5.41, 5.74) is 0.906. The van der Waals surface area contributed by atoms with Crippen molar-refractivity contribution in [1.82, 2.24) is 0 Å². The van der Waals surface area contributed by atoms with Gasteiger partial charge in [-0.2, -0.15) is 5.26 Å². The normalized spacial score (nSPS) is 10.1. The van der Waals surface area contributed by atoms with Crippen LogP contribution in [0.5, 0.6) is 0 Å². The molecule has 1 aromatic rings. The maximum absolute atomic E-state index is 11.1. The maximum Gasteiger partial charge on any atom is 0.267 e. The van der Waals surface area contributed by atoms with Crippen molar-refractivity contribution in [2.75, 3.05) is 0 Å². The number of carbonyl (C=O) groups excluding carboxylic acids is 1. The molecular weight excluding hydrogens is 216 g/mol. The molecule has 0 atom stereocenters. The average Bonchev–Trinajstić information content (AvgIpc) is 2.18. The number of rotatable bonds is 3. The molecule has 1 aromatic carbocycles. The van der Waals surface area contributed by atoms with Crippen LogP contribution in [0.3, 0.4) is 0 Å². The molecule has 0 heterocycles. The van der Waals surface area contributed by atoms with Gasteiger partial charge < -0.3 is 0 Å². The number of isocyanates is 1. The molecule has 0 bridgehead atoms. The summed E-state index contributed by atoms with van der Waals surface area (Å²) in [6, 6.07) is 7.89. The lowest BCUT2D eigenvalue weighted by atomic mass is 10.2. The van der Waals surface area contributed by atoms with Crippen LogP contribution in [0.4, 0.5) is 0 Å². The predicted octanol–water partition coefficient (Wildman–Crippen LogP) is 0.724. The molecule has 0 aliphatic heterocycles. The van der Waals surface area contributed by atoms with Gasteiger partial charge in [0.2, 0.25) is 0 Å². The highest BCUT2D eigenvalue weighted by atomic mass is 32.2. The summed E-state index contributed by atoms with van der Waals surface area (Å²) in [4.78, 5) is 9.80. The molecule has 0 aromatic heterocycles. The molecule has 15 heavy (non-hydrogen) atoms. The van der Waals surface area contributed by atoms with Crippen LogP contribution >= 0.6 is 0 Å². The van der Waals surface area contributed by atoms with E-state index in [0.29, 0.717) is 11.1 Å². The van der Waals surface area contributed by atoms with Gasteiger partial charge >= 0.3 is 0 Å². The molecule has 0 fully saturated rings. The molecule has 1 rings (SSSR count). The van der Waals surface area contributed by atoms with Crippen molar-refractivity contribution in [3.8, 4) is 6.07 Å². The number of hydrogen-bond acceptors (Lipinski definition) is 4. The average molecular weight is 222 g/mol. The van der Waals surface area contributed by atoms with Crippen LogP contribution < -0.4 is 0 Å². The van der Waals surface area contributed by atoms with E-state index in [1.54, 1.807) is 0 Å². The fourth-order valence-electron chi connectivity index (χ4n) is 0.975. The molecule has 0 aliphatic rings. The lowest BCUT2D eigenvalue weighted by Gasteiger charge is -1.97. The van der Waals surface area contributed by atoms with Gasteiger partial charge in [-0.05, 0) is 17.7 Å². The van der Waals surface area contributed by atoms with Crippen LogP contribution in [0.25, 0.3) is 0 Å². The number of benzene rings is 1. The fourth-order valence-corrected chi connectivity index (χ4v) is 1.77. The summed E-state index contributed by atoms with van der Waals surface area (Å²) in [5.74, 6) is -0.367. The Bertz CT molecular complexity index is 534. The van der Waals surface area contributed by atoms with Gasteiger partial charge in [-0.15, -0.1) is 0 Å². The van der Waals surface area contributed by atoms with Crippen molar-refractivity contribution in [1.29, 1.82) is 5.26 Å². The Balaban J connectivity index is 2.92. The Kier molecular flexibility index (Phi) is 3.34. The van der Waals surface area contributed by atoms with E-state index >= 15 is 0 Å². The smallest absolute Gasteiger partial charge is 0.210 e. The van der Waals surface area contributed by atoms with Gasteiger partial charge in [0.15, 0.2) is 0 Å². The number of nitriles is 1. The van der Waals surface area contributed by atoms with E-state index in [0.717, 1.165) is 6.08 Å². The molecule has 0 N–H and O–H groups in total. The van der Waals surface area contributed by atoms with Crippen molar-refractivity contribution < 1.29 is 13.2 Å². The quantitative estimate of drug-likeness (QED) is 0.557. The van der Waals surface area contributed by atoms with Crippen LogP contribution in [0, 0.1) is 11.3 Å². The SMILES string of the molecule is N#Cc1ccc(CS(=O)(=O)N=C=O)cc1. The molecule has 76 valence electrons. The van der Waals surface area contributed by atoms with Gasteiger partial charge in [-0.3, -0.25) is 0 Å². The zero-order valence-electron chi connectivity index (χ0n) is 7.54. The second-order valence-electron chi connectivity index (χ2n) is 2.72. The number of nitrogens with zero attached hydrogens (tertiary/aromatic N) is 2. The number of hydrogen-bond donors (Lipinski definition) is 0. The van der Waals surface area contributed by atoms with Crippen molar-refractivity contribution in [2.24, 2.45) is 4.40 Å². The third-order valence-electron chi connectivity index (χ3n) is 1.61. The Morgan fingerprint density at radius 1 is 1.27 bits per heavy atom. The molecule has 0 saturated carbocycles.